The Hall–Kier alpha value is -1.46. The van der Waals surface area contributed by atoms with Crippen LogP contribution in [0, 0.1) is 0 Å². The highest BCUT2D eigenvalue weighted by molar-refractivity contribution is 7.16. The molecule has 0 spiro atoms. The molecule has 3 rings (SSSR count). The van der Waals surface area contributed by atoms with Gasteiger partial charge >= 0.3 is 0 Å². The summed E-state index contributed by atoms with van der Waals surface area (Å²) < 4.78 is 1.08. The average Bonchev–Trinajstić information content (AvgIpc) is 2.86. The lowest BCUT2D eigenvalue weighted by atomic mass is 10.1. The van der Waals surface area contributed by atoms with Crippen LogP contribution in [0.3, 0.4) is 0 Å². The van der Waals surface area contributed by atoms with E-state index in [4.69, 9.17) is 0 Å². The molecule has 0 atom stereocenters. The SMILES string of the molecule is CN1CCN(C(=O)c2ccc3ncsc3c2)CC1. The number of rotatable bonds is 1. The Labute approximate surface area is 110 Å². The van der Waals surface area contributed by atoms with Gasteiger partial charge in [0.1, 0.15) is 0 Å². The second-order valence-corrected chi connectivity index (χ2v) is 5.52. The second-order valence-electron chi connectivity index (χ2n) is 4.63. The minimum atomic E-state index is 0.137. The zero-order valence-electron chi connectivity index (χ0n) is 10.3. The molecule has 2 aromatic rings. The van der Waals surface area contributed by atoms with Crippen molar-refractivity contribution < 1.29 is 4.79 Å². The third kappa shape index (κ3) is 2.11. The van der Waals surface area contributed by atoms with E-state index in [0.717, 1.165) is 42.0 Å². The number of carbonyl (C=O) groups is 1. The molecule has 1 saturated heterocycles. The molecule has 0 bridgehead atoms. The Kier molecular flexibility index (Phi) is 3.01. The van der Waals surface area contributed by atoms with E-state index in [9.17, 15) is 4.79 Å². The van der Waals surface area contributed by atoms with Gasteiger partial charge in [-0.25, -0.2) is 4.98 Å². The molecule has 1 fully saturated rings. The van der Waals surface area contributed by atoms with Crippen molar-refractivity contribution in [3.63, 3.8) is 0 Å². The number of thiazole rings is 1. The maximum atomic E-state index is 12.4. The lowest BCUT2D eigenvalue weighted by Crippen LogP contribution is -2.47. The highest BCUT2D eigenvalue weighted by atomic mass is 32.1. The molecule has 94 valence electrons. The predicted molar refractivity (Wildman–Crippen MR) is 73.0 cm³/mol. The van der Waals surface area contributed by atoms with Crippen LogP contribution in [0.4, 0.5) is 0 Å². The van der Waals surface area contributed by atoms with Gasteiger partial charge in [0, 0.05) is 31.7 Å². The Morgan fingerprint density at radius 3 is 2.83 bits per heavy atom. The molecule has 0 saturated carbocycles. The fourth-order valence-electron chi connectivity index (χ4n) is 2.18. The van der Waals surface area contributed by atoms with Gasteiger partial charge in [-0.1, -0.05) is 0 Å². The van der Waals surface area contributed by atoms with Gasteiger partial charge in [0.05, 0.1) is 15.7 Å². The maximum Gasteiger partial charge on any atom is 0.253 e. The van der Waals surface area contributed by atoms with E-state index in [1.165, 1.54) is 0 Å². The van der Waals surface area contributed by atoms with Crippen LogP contribution in [-0.2, 0) is 0 Å². The molecule has 1 aliphatic rings. The van der Waals surface area contributed by atoms with Gasteiger partial charge in [0.25, 0.3) is 5.91 Å². The van der Waals surface area contributed by atoms with Crippen molar-refractivity contribution >= 4 is 27.5 Å². The Morgan fingerprint density at radius 2 is 2.06 bits per heavy atom. The van der Waals surface area contributed by atoms with E-state index in [-0.39, 0.29) is 5.91 Å². The monoisotopic (exact) mass is 261 g/mol. The first kappa shape index (κ1) is 11.6. The van der Waals surface area contributed by atoms with Crippen LogP contribution in [0.25, 0.3) is 10.2 Å². The minimum Gasteiger partial charge on any atom is -0.336 e. The van der Waals surface area contributed by atoms with Crippen molar-refractivity contribution in [2.45, 2.75) is 0 Å². The lowest BCUT2D eigenvalue weighted by molar-refractivity contribution is 0.0664. The number of carbonyl (C=O) groups excluding carboxylic acids is 1. The molecule has 1 aromatic carbocycles. The Balaban J connectivity index is 1.82. The fraction of sp³-hybridized carbons (Fsp3) is 0.385. The third-order valence-corrected chi connectivity index (χ3v) is 4.16. The summed E-state index contributed by atoms with van der Waals surface area (Å²) in [5.74, 6) is 0.137. The van der Waals surface area contributed by atoms with Crippen molar-refractivity contribution in [3.8, 4) is 0 Å². The molecule has 5 heteroatoms. The van der Waals surface area contributed by atoms with Crippen LogP contribution in [0.1, 0.15) is 10.4 Å². The van der Waals surface area contributed by atoms with Gasteiger partial charge in [-0.3, -0.25) is 4.79 Å². The van der Waals surface area contributed by atoms with Crippen LogP contribution in [0.5, 0.6) is 0 Å². The first-order chi connectivity index (χ1) is 8.74. The maximum absolute atomic E-state index is 12.4. The average molecular weight is 261 g/mol. The third-order valence-electron chi connectivity index (χ3n) is 3.37. The molecular weight excluding hydrogens is 246 g/mol. The van der Waals surface area contributed by atoms with Gasteiger partial charge in [-0.15, -0.1) is 11.3 Å². The summed E-state index contributed by atoms with van der Waals surface area (Å²) in [7, 11) is 2.09. The van der Waals surface area contributed by atoms with E-state index in [0.29, 0.717) is 0 Å². The number of benzene rings is 1. The summed E-state index contributed by atoms with van der Waals surface area (Å²) in [6, 6.07) is 5.76. The summed E-state index contributed by atoms with van der Waals surface area (Å²) in [5, 5.41) is 0. The number of nitrogens with zero attached hydrogens (tertiary/aromatic N) is 3. The van der Waals surface area contributed by atoms with E-state index >= 15 is 0 Å². The number of amides is 1. The van der Waals surface area contributed by atoms with E-state index in [1.807, 2.05) is 28.6 Å². The standard InChI is InChI=1S/C13H15N3OS/c1-15-4-6-16(7-5-15)13(17)10-2-3-11-12(8-10)18-9-14-11/h2-3,8-9H,4-7H2,1H3. The number of piperazine rings is 1. The van der Waals surface area contributed by atoms with Gasteiger partial charge in [0.2, 0.25) is 0 Å². The molecule has 18 heavy (non-hydrogen) atoms. The molecule has 4 nitrogen and oxygen atoms in total. The van der Waals surface area contributed by atoms with E-state index in [2.05, 4.69) is 16.9 Å². The van der Waals surface area contributed by atoms with Gasteiger partial charge < -0.3 is 9.80 Å². The zero-order chi connectivity index (χ0) is 12.5. The topological polar surface area (TPSA) is 36.4 Å². The highest BCUT2D eigenvalue weighted by Gasteiger charge is 2.20. The van der Waals surface area contributed by atoms with Crippen molar-refractivity contribution in [2.75, 3.05) is 33.2 Å². The molecule has 0 unspecified atom stereocenters. The highest BCUT2D eigenvalue weighted by Crippen LogP contribution is 2.20. The fourth-order valence-corrected chi connectivity index (χ4v) is 2.90. The van der Waals surface area contributed by atoms with Crippen LogP contribution in [0.2, 0.25) is 0 Å². The molecule has 0 radical (unpaired) electrons. The van der Waals surface area contributed by atoms with Gasteiger partial charge in [-0.2, -0.15) is 0 Å². The molecule has 0 aliphatic carbocycles. The van der Waals surface area contributed by atoms with Gasteiger partial charge in [0.15, 0.2) is 0 Å². The van der Waals surface area contributed by atoms with Crippen LogP contribution in [-0.4, -0.2) is 53.9 Å². The molecule has 1 aliphatic heterocycles. The summed E-state index contributed by atoms with van der Waals surface area (Å²) >= 11 is 1.58. The smallest absolute Gasteiger partial charge is 0.253 e. The van der Waals surface area contributed by atoms with Crippen molar-refractivity contribution in [3.05, 3.63) is 29.3 Å². The molecule has 0 N–H and O–H groups in total. The summed E-state index contributed by atoms with van der Waals surface area (Å²) in [6.45, 7) is 3.54. The summed E-state index contributed by atoms with van der Waals surface area (Å²) in [4.78, 5) is 20.8. The minimum absolute atomic E-state index is 0.137. The number of fused-ring (bicyclic) bond motifs is 1. The van der Waals surface area contributed by atoms with Crippen molar-refractivity contribution in [1.82, 2.24) is 14.8 Å². The molecule has 2 heterocycles. The quantitative estimate of drug-likeness (QED) is 0.783. The Bertz CT molecular complexity index is 572. The van der Waals surface area contributed by atoms with E-state index in [1.54, 1.807) is 11.3 Å². The lowest BCUT2D eigenvalue weighted by Gasteiger charge is -2.32. The predicted octanol–water partition coefficient (Wildman–Crippen LogP) is 1.68. The first-order valence-corrected chi connectivity index (χ1v) is 6.93. The largest absolute Gasteiger partial charge is 0.336 e. The number of likely N-dealkylation sites (N-methyl/N-ethyl adjacent to an activating group) is 1. The van der Waals surface area contributed by atoms with Crippen LogP contribution < -0.4 is 0 Å². The number of hydrogen-bond acceptors (Lipinski definition) is 4. The number of aromatic nitrogens is 1. The molecular formula is C13H15N3OS. The van der Waals surface area contributed by atoms with Crippen molar-refractivity contribution in [1.29, 1.82) is 0 Å². The van der Waals surface area contributed by atoms with E-state index < -0.39 is 0 Å². The van der Waals surface area contributed by atoms with Crippen LogP contribution in [0.15, 0.2) is 23.7 Å². The summed E-state index contributed by atoms with van der Waals surface area (Å²) in [6.07, 6.45) is 0. The summed E-state index contributed by atoms with van der Waals surface area (Å²) in [5.41, 5.74) is 3.56. The van der Waals surface area contributed by atoms with Crippen molar-refractivity contribution in [2.24, 2.45) is 0 Å². The molecule has 1 aromatic heterocycles. The zero-order valence-corrected chi connectivity index (χ0v) is 11.1. The Morgan fingerprint density at radius 1 is 1.28 bits per heavy atom. The van der Waals surface area contributed by atoms with Crippen LogP contribution >= 0.6 is 11.3 Å². The molecule has 1 amide bonds. The normalized spacial score (nSPS) is 17.3. The first-order valence-electron chi connectivity index (χ1n) is 6.05. The second kappa shape index (κ2) is 4.66. The van der Waals surface area contributed by atoms with Gasteiger partial charge in [-0.05, 0) is 25.2 Å². The number of hydrogen-bond donors (Lipinski definition) is 0.